The number of hydrogen-bond acceptors (Lipinski definition) is 4. The zero-order valence-corrected chi connectivity index (χ0v) is 10.7. The van der Waals surface area contributed by atoms with E-state index >= 15 is 0 Å². The molecule has 1 rings (SSSR count). The van der Waals surface area contributed by atoms with Crippen molar-refractivity contribution in [3.63, 3.8) is 0 Å². The second-order valence-electron chi connectivity index (χ2n) is 4.06. The van der Waals surface area contributed by atoms with Crippen molar-refractivity contribution in [3.05, 3.63) is 11.1 Å². The van der Waals surface area contributed by atoms with E-state index in [0.717, 1.165) is 25.2 Å². The number of anilines is 1. The van der Waals surface area contributed by atoms with Crippen molar-refractivity contribution in [1.82, 2.24) is 9.88 Å². The van der Waals surface area contributed by atoms with E-state index in [1.807, 2.05) is 0 Å². The van der Waals surface area contributed by atoms with Gasteiger partial charge >= 0.3 is 0 Å². The lowest BCUT2D eigenvalue weighted by Gasteiger charge is -2.25. The second-order valence-corrected chi connectivity index (χ2v) is 4.95. The van der Waals surface area contributed by atoms with Crippen LogP contribution in [0.3, 0.4) is 0 Å². The number of nitrogens with zero attached hydrogens (tertiary/aromatic N) is 2. The van der Waals surface area contributed by atoms with Crippen LogP contribution in [0.1, 0.15) is 32.9 Å². The first-order chi connectivity index (χ1) is 7.13. The lowest BCUT2D eigenvalue weighted by atomic mass is 10.2. The lowest BCUT2D eigenvalue weighted by Crippen LogP contribution is -2.33. The van der Waals surface area contributed by atoms with Gasteiger partial charge in [0.25, 0.3) is 0 Å². The van der Waals surface area contributed by atoms with E-state index in [2.05, 4.69) is 36.0 Å². The van der Waals surface area contributed by atoms with Gasteiger partial charge in [0.15, 0.2) is 5.13 Å². The summed E-state index contributed by atoms with van der Waals surface area (Å²) in [5, 5.41) is 2.73. The largest absolute Gasteiger partial charge is 0.375 e. The fourth-order valence-corrected chi connectivity index (χ4v) is 2.21. The molecule has 0 atom stereocenters. The Balaban J connectivity index is 2.39. The third kappa shape index (κ3) is 4.18. The Hall–Kier alpha value is -0.610. The van der Waals surface area contributed by atoms with Crippen LogP contribution in [-0.4, -0.2) is 29.0 Å². The SMILES string of the molecule is CCCN(CCc1csc(N)n1)C(C)C. The highest BCUT2D eigenvalue weighted by molar-refractivity contribution is 7.13. The molecule has 0 bridgehead atoms. The molecule has 0 saturated heterocycles. The molecule has 3 nitrogen and oxygen atoms in total. The molecule has 0 aliphatic rings. The van der Waals surface area contributed by atoms with E-state index in [4.69, 9.17) is 5.73 Å². The van der Waals surface area contributed by atoms with Gasteiger partial charge in [0.2, 0.25) is 0 Å². The molecule has 0 unspecified atom stereocenters. The first kappa shape index (κ1) is 12.5. The smallest absolute Gasteiger partial charge is 0.180 e. The molecule has 86 valence electrons. The van der Waals surface area contributed by atoms with E-state index < -0.39 is 0 Å². The quantitative estimate of drug-likeness (QED) is 0.811. The Morgan fingerprint density at radius 1 is 1.47 bits per heavy atom. The van der Waals surface area contributed by atoms with E-state index in [1.54, 1.807) is 0 Å². The van der Waals surface area contributed by atoms with Gasteiger partial charge in [0.05, 0.1) is 5.69 Å². The van der Waals surface area contributed by atoms with Gasteiger partial charge in [-0.15, -0.1) is 11.3 Å². The Morgan fingerprint density at radius 2 is 2.20 bits per heavy atom. The number of thiazole rings is 1. The number of nitrogen functional groups attached to an aromatic ring is 1. The van der Waals surface area contributed by atoms with Crippen molar-refractivity contribution in [3.8, 4) is 0 Å². The Bertz CT molecular complexity index is 283. The maximum atomic E-state index is 5.60. The number of nitrogens with two attached hydrogens (primary N) is 1. The molecule has 0 saturated carbocycles. The van der Waals surface area contributed by atoms with Crippen LogP contribution < -0.4 is 5.73 Å². The van der Waals surface area contributed by atoms with Crippen molar-refractivity contribution in [2.75, 3.05) is 18.8 Å². The standard InChI is InChI=1S/C11H21N3S/c1-4-6-14(9(2)3)7-5-10-8-15-11(12)13-10/h8-9H,4-7H2,1-3H3,(H2,12,13). The molecule has 0 spiro atoms. The average molecular weight is 227 g/mol. The minimum Gasteiger partial charge on any atom is -0.375 e. The summed E-state index contributed by atoms with van der Waals surface area (Å²) in [4.78, 5) is 6.75. The van der Waals surface area contributed by atoms with E-state index in [1.165, 1.54) is 17.8 Å². The summed E-state index contributed by atoms with van der Waals surface area (Å²) >= 11 is 1.53. The Kier molecular flexibility index (Phi) is 5.05. The summed E-state index contributed by atoms with van der Waals surface area (Å²) in [6.45, 7) is 8.94. The minimum absolute atomic E-state index is 0.612. The van der Waals surface area contributed by atoms with Crippen LogP contribution >= 0.6 is 11.3 Å². The van der Waals surface area contributed by atoms with Crippen LogP contribution in [0.25, 0.3) is 0 Å². The zero-order chi connectivity index (χ0) is 11.3. The van der Waals surface area contributed by atoms with Gasteiger partial charge in [-0.2, -0.15) is 0 Å². The van der Waals surface area contributed by atoms with Crippen molar-refractivity contribution in [2.45, 2.75) is 39.7 Å². The summed E-state index contributed by atoms with van der Waals surface area (Å²) in [5.41, 5.74) is 6.72. The third-order valence-electron chi connectivity index (χ3n) is 2.47. The summed E-state index contributed by atoms with van der Waals surface area (Å²) in [6, 6.07) is 0.612. The summed E-state index contributed by atoms with van der Waals surface area (Å²) in [5.74, 6) is 0. The molecule has 0 aliphatic heterocycles. The van der Waals surface area contributed by atoms with Gasteiger partial charge in [-0.3, -0.25) is 0 Å². The summed E-state index contributed by atoms with van der Waals surface area (Å²) in [7, 11) is 0. The van der Waals surface area contributed by atoms with Crippen LogP contribution in [0.2, 0.25) is 0 Å². The molecule has 0 aliphatic carbocycles. The lowest BCUT2D eigenvalue weighted by molar-refractivity contribution is 0.224. The molecule has 15 heavy (non-hydrogen) atoms. The normalized spacial score (nSPS) is 11.5. The van der Waals surface area contributed by atoms with Gasteiger partial charge in [-0.05, 0) is 26.8 Å². The van der Waals surface area contributed by atoms with E-state index in [-0.39, 0.29) is 0 Å². The van der Waals surface area contributed by atoms with Gasteiger partial charge in [0, 0.05) is 24.4 Å². The monoisotopic (exact) mass is 227 g/mol. The van der Waals surface area contributed by atoms with Gasteiger partial charge in [-0.25, -0.2) is 4.98 Å². The van der Waals surface area contributed by atoms with E-state index in [9.17, 15) is 0 Å². The predicted molar refractivity (Wildman–Crippen MR) is 67.2 cm³/mol. The van der Waals surface area contributed by atoms with Crippen LogP contribution in [0.15, 0.2) is 5.38 Å². The highest BCUT2D eigenvalue weighted by atomic mass is 32.1. The molecule has 1 aromatic heterocycles. The van der Waals surface area contributed by atoms with Gasteiger partial charge in [-0.1, -0.05) is 6.92 Å². The van der Waals surface area contributed by atoms with E-state index in [0.29, 0.717) is 11.2 Å². The molecule has 0 amide bonds. The fourth-order valence-electron chi connectivity index (χ4n) is 1.61. The molecular formula is C11H21N3S. The van der Waals surface area contributed by atoms with Crippen LogP contribution in [-0.2, 0) is 6.42 Å². The first-order valence-electron chi connectivity index (χ1n) is 5.57. The van der Waals surface area contributed by atoms with Gasteiger partial charge in [0.1, 0.15) is 0 Å². The highest BCUT2D eigenvalue weighted by Gasteiger charge is 2.08. The minimum atomic E-state index is 0.612. The number of rotatable bonds is 6. The van der Waals surface area contributed by atoms with Crippen molar-refractivity contribution >= 4 is 16.5 Å². The second kappa shape index (κ2) is 6.08. The average Bonchev–Trinajstić information content (AvgIpc) is 2.58. The third-order valence-corrected chi connectivity index (χ3v) is 3.19. The number of hydrogen-bond donors (Lipinski definition) is 1. The predicted octanol–water partition coefficient (Wildman–Crippen LogP) is 2.39. The molecule has 2 N–H and O–H groups in total. The van der Waals surface area contributed by atoms with Crippen LogP contribution in [0.5, 0.6) is 0 Å². The Labute approximate surface area is 96.3 Å². The topological polar surface area (TPSA) is 42.1 Å². The van der Waals surface area contributed by atoms with Crippen molar-refractivity contribution < 1.29 is 0 Å². The molecule has 1 aromatic rings. The molecule has 1 heterocycles. The molecule has 0 aromatic carbocycles. The van der Waals surface area contributed by atoms with Crippen LogP contribution in [0.4, 0.5) is 5.13 Å². The molecular weight excluding hydrogens is 206 g/mol. The van der Waals surface area contributed by atoms with Gasteiger partial charge < -0.3 is 10.6 Å². The summed E-state index contributed by atoms with van der Waals surface area (Å²) in [6.07, 6.45) is 2.21. The number of aromatic nitrogens is 1. The zero-order valence-electron chi connectivity index (χ0n) is 9.86. The molecule has 0 radical (unpaired) electrons. The highest BCUT2D eigenvalue weighted by Crippen LogP contribution is 2.12. The fraction of sp³-hybridized carbons (Fsp3) is 0.727. The maximum Gasteiger partial charge on any atom is 0.180 e. The Morgan fingerprint density at radius 3 is 2.67 bits per heavy atom. The molecule has 4 heteroatoms. The first-order valence-corrected chi connectivity index (χ1v) is 6.45. The van der Waals surface area contributed by atoms with Crippen molar-refractivity contribution in [1.29, 1.82) is 0 Å². The summed E-state index contributed by atoms with van der Waals surface area (Å²) < 4.78 is 0. The molecule has 0 fully saturated rings. The van der Waals surface area contributed by atoms with Crippen molar-refractivity contribution in [2.24, 2.45) is 0 Å². The maximum absolute atomic E-state index is 5.60. The van der Waals surface area contributed by atoms with Crippen LogP contribution in [0, 0.1) is 0 Å².